The van der Waals surface area contributed by atoms with Gasteiger partial charge in [0.05, 0.1) is 21.5 Å². The number of sulfone groups is 1. The predicted octanol–water partition coefficient (Wildman–Crippen LogP) is 2.37. The molecule has 0 unspecified atom stereocenters. The SMILES string of the molecule is Cc1cc2c(cc1S(=O)(=O)[C@@H](C)CC(=O)N1CCN(c3ccccc3F)CC1)OCC(=O)N2. The molecule has 1 saturated heterocycles. The predicted molar refractivity (Wildman–Crippen MR) is 122 cm³/mol. The monoisotopic (exact) mass is 475 g/mol. The summed E-state index contributed by atoms with van der Waals surface area (Å²) in [5.41, 5.74) is 1.40. The van der Waals surface area contributed by atoms with Crippen LogP contribution < -0.4 is 15.0 Å². The van der Waals surface area contributed by atoms with Crippen molar-refractivity contribution < 1.29 is 27.1 Å². The molecule has 2 aromatic carbocycles. The molecule has 10 heteroatoms. The van der Waals surface area contributed by atoms with Crippen LogP contribution >= 0.6 is 0 Å². The van der Waals surface area contributed by atoms with Crippen LogP contribution in [0.2, 0.25) is 0 Å². The average molecular weight is 476 g/mol. The molecule has 1 N–H and O–H groups in total. The van der Waals surface area contributed by atoms with Crippen LogP contribution in [0.5, 0.6) is 5.75 Å². The van der Waals surface area contributed by atoms with E-state index in [9.17, 15) is 22.4 Å². The van der Waals surface area contributed by atoms with Crippen molar-refractivity contribution >= 4 is 33.0 Å². The standard InChI is InChI=1S/C23H26FN3O5S/c1-15-11-18-20(32-14-22(28)25-18)13-21(15)33(30,31)16(2)12-23(29)27-9-7-26(8-10-27)19-6-4-3-5-17(19)24/h3-6,11,13,16H,7-10,12,14H2,1-2H3,(H,25,28)/t16-/m0/s1. The van der Waals surface area contributed by atoms with E-state index in [2.05, 4.69) is 5.32 Å². The summed E-state index contributed by atoms with van der Waals surface area (Å²) in [6.45, 7) is 4.72. The van der Waals surface area contributed by atoms with E-state index in [-0.39, 0.29) is 35.6 Å². The molecular weight excluding hydrogens is 449 g/mol. The molecule has 176 valence electrons. The lowest BCUT2D eigenvalue weighted by atomic mass is 10.2. The molecule has 1 fully saturated rings. The van der Waals surface area contributed by atoms with E-state index in [1.807, 2.05) is 4.90 Å². The Labute approximate surface area is 192 Å². The molecule has 0 saturated carbocycles. The van der Waals surface area contributed by atoms with Gasteiger partial charge in [0.15, 0.2) is 16.4 Å². The van der Waals surface area contributed by atoms with Crippen molar-refractivity contribution in [2.24, 2.45) is 0 Å². The first-order chi connectivity index (χ1) is 15.7. The number of nitrogens with zero attached hydrogens (tertiary/aromatic N) is 2. The molecule has 0 aliphatic carbocycles. The number of ether oxygens (including phenoxy) is 1. The van der Waals surface area contributed by atoms with E-state index in [1.165, 1.54) is 19.1 Å². The molecule has 8 nitrogen and oxygen atoms in total. The van der Waals surface area contributed by atoms with Crippen molar-refractivity contribution in [3.8, 4) is 5.75 Å². The summed E-state index contributed by atoms with van der Waals surface area (Å²) in [5, 5.41) is 1.72. The van der Waals surface area contributed by atoms with Gasteiger partial charge in [-0.15, -0.1) is 0 Å². The Morgan fingerprint density at radius 3 is 2.58 bits per heavy atom. The Morgan fingerprint density at radius 1 is 1.18 bits per heavy atom. The first-order valence-corrected chi connectivity index (χ1v) is 12.3. The second kappa shape index (κ2) is 9.01. The number of fused-ring (bicyclic) bond motifs is 1. The molecule has 0 aromatic heterocycles. The van der Waals surface area contributed by atoms with Gasteiger partial charge in [-0.1, -0.05) is 12.1 Å². The van der Waals surface area contributed by atoms with E-state index >= 15 is 0 Å². The maximum absolute atomic E-state index is 14.0. The van der Waals surface area contributed by atoms with Crippen LogP contribution in [0.15, 0.2) is 41.3 Å². The molecule has 2 aliphatic heterocycles. The lowest BCUT2D eigenvalue weighted by Gasteiger charge is -2.36. The van der Waals surface area contributed by atoms with Crippen molar-refractivity contribution in [2.75, 3.05) is 43.0 Å². The second-order valence-electron chi connectivity index (χ2n) is 8.33. The summed E-state index contributed by atoms with van der Waals surface area (Å²) >= 11 is 0. The van der Waals surface area contributed by atoms with Gasteiger partial charge in [-0.05, 0) is 37.6 Å². The summed E-state index contributed by atoms with van der Waals surface area (Å²) in [5.74, 6) is -0.563. The minimum Gasteiger partial charge on any atom is -0.482 e. The molecule has 2 aromatic rings. The van der Waals surface area contributed by atoms with Gasteiger partial charge in [-0.3, -0.25) is 9.59 Å². The fourth-order valence-electron chi connectivity index (χ4n) is 4.13. The van der Waals surface area contributed by atoms with Crippen LogP contribution in [0.4, 0.5) is 15.8 Å². The molecule has 0 spiro atoms. The third-order valence-electron chi connectivity index (χ3n) is 6.03. The summed E-state index contributed by atoms with van der Waals surface area (Å²) < 4.78 is 45.9. The first-order valence-electron chi connectivity index (χ1n) is 10.8. The van der Waals surface area contributed by atoms with Gasteiger partial charge in [0.25, 0.3) is 5.91 Å². The zero-order valence-electron chi connectivity index (χ0n) is 18.5. The number of nitrogens with one attached hydrogen (secondary N) is 1. The van der Waals surface area contributed by atoms with Crippen LogP contribution in [-0.2, 0) is 19.4 Å². The summed E-state index contributed by atoms with van der Waals surface area (Å²) in [4.78, 5) is 27.9. The highest BCUT2D eigenvalue weighted by Gasteiger charge is 2.32. The summed E-state index contributed by atoms with van der Waals surface area (Å²) in [6, 6.07) is 9.49. The zero-order chi connectivity index (χ0) is 23.8. The maximum atomic E-state index is 14.0. The average Bonchev–Trinajstić information content (AvgIpc) is 2.78. The number of hydrogen-bond donors (Lipinski definition) is 1. The first kappa shape index (κ1) is 23.0. The normalized spacial score (nSPS) is 17.1. The molecule has 2 aliphatic rings. The minimum absolute atomic E-state index is 0.0853. The Bertz CT molecular complexity index is 1190. The van der Waals surface area contributed by atoms with Crippen molar-refractivity contribution in [1.29, 1.82) is 0 Å². The highest BCUT2D eigenvalue weighted by atomic mass is 32.2. The van der Waals surface area contributed by atoms with E-state index < -0.39 is 15.1 Å². The van der Waals surface area contributed by atoms with E-state index in [1.54, 1.807) is 36.1 Å². The Kier molecular flexibility index (Phi) is 6.29. The Balaban J connectivity index is 1.42. The second-order valence-corrected chi connectivity index (χ2v) is 10.7. The number of hydrogen-bond acceptors (Lipinski definition) is 6. The molecule has 0 bridgehead atoms. The fourth-order valence-corrected chi connectivity index (χ4v) is 5.70. The fraction of sp³-hybridized carbons (Fsp3) is 0.391. The van der Waals surface area contributed by atoms with Crippen molar-refractivity contribution in [1.82, 2.24) is 4.90 Å². The molecule has 2 amide bonds. The van der Waals surface area contributed by atoms with Gasteiger partial charge >= 0.3 is 0 Å². The number of rotatable bonds is 5. The van der Waals surface area contributed by atoms with Gasteiger partial charge in [0, 0.05) is 38.7 Å². The van der Waals surface area contributed by atoms with Crippen molar-refractivity contribution in [3.63, 3.8) is 0 Å². The number of benzene rings is 2. The van der Waals surface area contributed by atoms with Crippen LogP contribution in [0.25, 0.3) is 0 Å². The van der Waals surface area contributed by atoms with Crippen LogP contribution in [-0.4, -0.2) is 63.2 Å². The molecule has 0 radical (unpaired) electrons. The van der Waals surface area contributed by atoms with Gasteiger partial charge in [-0.25, -0.2) is 12.8 Å². The Morgan fingerprint density at radius 2 is 1.88 bits per heavy atom. The lowest BCUT2D eigenvalue weighted by Crippen LogP contribution is -2.49. The third kappa shape index (κ3) is 4.66. The topological polar surface area (TPSA) is 96.0 Å². The van der Waals surface area contributed by atoms with Gasteiger partial charge in [0.2, 0.25) is 5.91 Å². The smallest absolute Gasteiger partial charge is 0.262 e. The number of carbonyl (C=O) groups is 2. The highest BCUT2D eigenvalue weighted by molar-refractivity contribution is 7.92. The van der Waals surface area contributed by atoms with Crippen molar-refractivity contribution in [2.45, 2.75) is 30.4 Å². The van der Waals surface area contributed by atoms with Crippen molar-refractivity contribution in [3.05, 3.63) is 47.8 Å². The highest BCUT2D eigenvalue weighted by Crippen LogP contribution is 2.34. The summed E-state index contributed by atoms with van der Waals surface area (Å²) in [6.07, 6.45) is -0.157. The lowest BCUT2D eigenvalue weighted by molar-refractivity contribution is -0.131. The number of halogens is 1. The number of para-hydroxylation sites is 1. The van der Waals surface area contributed by atoms with Crippen LogP contribution in [0.3, 0.4) is 0 Å². The van der Waals surface area contributed by atoms with Gasteiger partial charge in [-0.2, -0.15) is 0 Å². The number of amides is 2. The largest absolute Gasteiger partial charge is 0.482 e. The van der Waals surface area contributed by atoms with E-state index in [0.717, 1.165) is 0 Å². The number of piperazine rings is 1. The van der Waals surface area contributed by atoms with Gasteiger partial charge < -0.3 is 19.9 Å². The third-order valence-corrected chi connectivity index (χ3v) is 8.31. The molecule has 1 atom stereocenters. The van der Waals surface area contributed by atoms with Crippen LogP contribution in [0, 0.1) is 12.7 Å². The molecule has 2 heterocycles. The van der Waals surface area contributed by atoms with Crippen LogP contribution in [0.1, 0.15) is 18.9 Å². The molecule has 4 rings (SSSR count). The number of anilines is 2. The molecule has 33 heavy (non-hydrogen) atoms. The Hall–Kier alpha value is -3.14. The van der Waals surface area contributed by atoms with E-state index in [0.29, 0.717) is 48.9 Å². The number of aryl methyl sites for hydroxylation is 1. The minimum atomic E-state index is -3.81. The van der Waals surface area contributed by atoms with Gasteiger partial charge in [0.1, 0.15) is 11.6 Å². The summed E-state index contributed by atoms with van der Waals surface area (Å²) in [7, 11) is -3.81. The zero-order valence-corrected chi connectivity index (χ0v) is 19.3. The number of carbonyl (C=O) groups excluding carboxylic acids is 2. The quantitative estimate of drug-likeness (QED) is 0.713. The van der Waals surface area contributed by atoms with E-state index in [4.69, 9.17) is 4.74 Å². The maximum Gasteiger partial charge on any atom is 0.262 e. The molecular formula is C23H26FN3O5S.